The molecule has 0 fully saturated rings. The van der Waals surface area contributed by atoms with E-state index >= 15 is 0 Å². The van der Waals surface area contributed by atoms with E-state index in [0.717, 1.165) is 28.4 Å². The summed E-state index contributed by atoms with van der Waals surface area (Å²) in [5.41, 5.74) is 16.2. The van der Waals surface area contributed by atoms with Crippen LogP contribution in [-0.2, 0) is 10.8 Å². The molecule has 49 heavy (non-hydrogen) atoms. The molecule has 0 saturated carbocycles. The minimum absolute atomic E-state index is 0.0973. The van der Waals surface area contributed by atoms with Crippen molar-refractivity contribution >= 4 is 11.7 Å². The molecule has 1 aliphatic heterocycles. The number of fused-ring (bicyclic) bond motifs is 6. The summed E-state index contributed by atoms with van der Waals surface area (Å²) in [6.07, 6.45) is -0.232. The largest absolute Gasteiger partial charge is 0.333 e. The Hall–Kier alpha value is -5.54. The van der Waals surface area contributed by atoms with Crippen molar-refractivity contribution in [3.8, 4) is 33.4 Å². The van der Waals surface area contributed by atoms with Gasteiger partial charge in [0.25, 0.3) is 0 Å². The lowest BCUT2D eigenvalue weighted by Gasteiger charge is -2.33. The normalized spacial score (nSPS) is 17.8. The summed E-state index contributed by atoms with van der Waals surface area (Å²) in [6, 6.07) is 50.7. The minimum Gasteiger partial charge on any atom is -0.333 e. The monoisotopic (exact) mass is 633 g/mol. The minimum atomic E-state index is -0.232. The summed E-state index contributed by atoms with van der Waals surface area (Å²) in [7, 11) is 2.13. The number of rotatable bonds is 4. The van der Waals surface area contributed by atoms with E-state index in [9.17, 15) is 0 Å². The molecule has 9 rings (SSSR count). The van der Waals surface area contributed by atoms with Crippen molar-refractivity contribution in [3.05, 3.63) is 178 Å². The number of amidine groups is 2. The van der Waals surface area contributed by atoms with Crippen LogP contribution >= 0.6 is 0 Å². The van der Waals surface area contributed by atoms with Gasteiger partial charge in [0.1, 0.15) is 12.0 Å². The van der Waals surface area contributed by atoms with E-state index in [2.05, 4.69) is 179 Å². The summed E-state index contributed by atoms with van der Waals surface area (Å²) in [5.74, 6) is 1.70. The van der Waals surface area contributed by atoms with E-state index in [0.29, 0.717) is 0 Å². The number of hydrogen-bond donors (Lipinski definition) is 0. The molecule has 0 bridgehead atoms. The lowest BCUT2D eigenvalue weighted by Crippen LogP contribution is -2.36. The first kappa shape index (κ1) is 29.6. The van der Waals surface area contributed by atoms with E-state index < -0.39 is 0 Å². The van der Waals surface area contributed by atoms with Gasteiger partial charge in [0.15, 0.2) is 5.84 Å². The van der Waals surface area contributed by atoms with Crippen LogP contribution < -0.4 is 0 Å². The van der Waals surface area contributed by atoms with Gasteiger partial charge in [-0.25, -0.2) is 9.98 Å². The third kappa shape index (κ3) is 4.49. The third-order valence-corrected chi connectivity index (χ3v) is 11.2. The highest BCUT2D eigenvalue weighted by atomic mass is 15.3. The van der Waals surface area contributed by atoms with Crippen LogP contribution in [-0.4, -0.2) is 23.6 Å². The fraction of sp³-hybridized carbons (Fsp3) is 0.174. The average molecular weight is 634 g/mol. The summed E-state index contributed by atoms with van der Waals surface area (Å²) >= 11 is 0. The van der Waals surface area contributed by atoms with Crippen LogP contribution in [0, 0.1) is 0 Å². The summed E-state index contributed by atoms with van der Waals surface area (Å²) in [6.45, 7) is 9.33. The van der Waals surface area contributed by atoms with E-state index in [1.54, 1.807) is 0 Å². The molecule has 6 aromatic carbocycles. The summed E-state index contributed by atoms with van der Waals surface area (Å²) in [4.78, 5) is 13.0. The maximum absolute atomic E-state index is 5.39. The third-order valence-electron chi connectivity index (χ3n) is 11.2. The van der Waals surface area contributed by atoms with Crippen molar-refractivity contribution in [1.29, 1.82) is 0 Å². The summed E-state index contributed by atoms with van der Waals surface area (Å²) < 4.78 is 0. The first-order chi connectivity index (χ1) is 23.7. The van der Waals surface area contributed by atoms with Crippen molar-refractivity contribution in [3.63, 3.8) is 0 Å². The molecule has 1 atom stereocenters. The van der Waals surface area contributed by atoms with Crippen LogP contribution in [0.2, 0.25) is 0 Å². The Morgan fingerprint density at radius 3 is 1.55 bits per heavy atom. The predicted octanol–water partition coefficient (Wildman–Crippen LogP) is 10.8. The molecular formula is C46H39N3. The second-order valence-electron chi connectivity index (χ2n) is 14.7. The Kier molecular flexibility index (Phi) is 6.48. The van der Waals surface area contributed by atoms with Crippen LogP contribution in [0.3, 0.4) is 0 Å². The predicted molar refractivity (Wildman–Crippen MR) is 203 cm³/mol. The molecule has 1 unspecified atom stereocenters. The number of aliphatic imine (C=N–C) groups is 2. The molecule has 3 aliphatic rings. The highest BCUT2D eigenvalue weighted by Crippen LogP contribution is 2.50. The molecule has 1 heterocycles. The van der Waals surface area contributed by atoms with Crippen molar-refractivity contribution in [2.75, 3.05) is 7.05 Å². The Labute approximate surface area is 289 Å². The Morgan fingerprint density at radius 2 is 0.939 bits per heavy atom. The fourth-order valence-electron chi connectivity index (χ4n) is 8.40. The molecule has 0 spiro atoms. The molecule has 6 aromatic rings. The summed E-state index contributed by atoms with van der Waals surface area (Å²) in [5, 5.41) is 0. The molecule has 3 nitrogen and oxygen atoms in total. The quantitative estimate of drug-likeness (QED) is 0.190. The maximum atomic E-state index is 5.39. The second-order valence-corrected chi connectivity index (χ2v) is 14.7. The molecule has 0 radical (unpaired) electrons. The van der Waals surface area contributed by atoms with Crippen molar-refractivity contribution in [1.82, 2.24) is 4.90 Å². The van der Waals surface area contributed by atoms with Gasteiger partial charge in [-0.1, -0.05) is 155 Å². The second kappa shape index (κ2) is 10.7. The standard InChI is InChI=1S/C46H39N3/c1-45(2)38-17-11-9-15-34(38)36-25-23-32(27-40(36)45)42-47-43(31-21-19-30(20-22-31)29-13-7-6-8-14-29)49(5)44(48-42)33-24-26-37-35-16-10-12-18-39(35)46(3,4)41(37)28-33/h6-28,43H,1-5H3. The van der Waals surface area contributed by atoms with Gasteiger partial charge >= 0.3 is 0 Å². The topological polar surface area (TPSA) is 28.0 Å². The molecule has 0 amide bonds. The molecule has 3 heteroatoms. The van der Waals surface area contributed by atoms with E-state index in [1.807, 2.05) is 0 Å². The van der Waals surface area contributed by atoms with Gasteiger partial charge in [0.2, 0.25) is 0 Å². The lowest BCUT2D eigenvalue weighted by molar-refractivity contribution is 0.383. The van der Waals surface area contributed by atoms with Gasteiger partial charge in [-0.05, 0) is 73.3 Å². The zero-order chi connectivity index (χ0) is 33.5. The van der Waals surface area contributed by atoms with Crippen molar-refractivity contribution < 1.29 is 0 Å². The zero-order valence-corrected chi connectivity index (χ0v) is 28.7. The van der Waals surface area contributed by atoms with Crippen LogP contribution in [0.4, 0.5) is 0 Å². The van der Waals surface area contributed by atoms with Gasteiger partial charge in [-0.3, -0.25) is 0 Å². The first-order valence-electron chi connectivity index (χ1n) is 17.3. The molecule has 0 aromatic heterocycles. The van der Waals surface area contributed by atoms with Crippen molar-refractivity contribution in [2.24, 2.45) is 9.98 Å². The molecule has 0 N–H and O–H groups in total. The molecule has 2 aliphatic carbocycles. The van der Waals surface area contributed by atoms with Crippen LogP contribution in [0.5, 0.6) is 0 Å². The Bertz CT molecular complexity index is 2340. The molecular weight excluding hydrogens is 595 g/mol. The van der Waals surface area contributed by atoms with E-state index in [1.165, 1.54) is 55.6 Å². The molecule has 238 valence electrons. The Morgan fingerprint density at radius 1 is 0.469 bits per heavy atom. The first-order valence-corrected chi connectivity index (χ1v) is 17.3. The average Bonchev–Trinajstić information content (AvgIpc) is 3.51. The highest BCUT2D eigenvalue weighted by molar-refractivity contribution is 6.13. The fourth-order valence-corrected chi connectivity index (χ4v) is 8.40. The van der Waals surface area contributed by atoms with Gasteiger partial charge in [0.05, 0.1) is 0 Å². The van der Waals surface area contributed by atoms with Crippen LogP contribution in [0.15, 0.2) is 150 Å². The van der Waals surface area contributed by atoms with Crippen LogP contribution in [0.25, 0.3) is 33.4 Å². The molecule has 0 saturated heterocycles. The van der Waals surface area contributed by atoms with Gasteiger partial charge < -0.3 is 4.90 Å². The van der Waals surface area contributed by atoms with Crippen molar-refractivity contribution in [2.45, 2.75) is 44.7 Å². The van der Waals surface area contributed by atoms with Gasteiger partial charge in [-0.15, -0.1) is 0 Å². The van der Waals surface area contributed by atoms with Gasteiger partial charge in [0, 0.05) is 29.0 Å². The zero-order valence-electron chi connectivity index (χ0n) is 28.7. The SMILES string of the molecule is CN1C(c2ccc3c(c2)C(C)(C)c2ccccc2-3)=NC(c2ccc3c(c2)C(C)(C)c2ccccc2-3)=NC1c1ccc(-c2ccccc2)cc1. The Balaban J connectivity index is 1.17. The van der Waals surface area contributed by atoms with Crippen LogP contribution in [0.1, 0.15) is 72.8 Å². The van der Waals surface area contributed by atoms with E-state index in [4.69, 9.17) is 9.98 Å². The van der Waals surface area contributed by atoms with E-state index in [-0.39, 0.29) is 17.0 Å². The highest BCUT2D eigenvalue weighted by Gasteiger charge is 2.38. The van der Waals surface area contributed by atoms with Gasteiger partial charge in [-0.2, -0.15) is 0 Å². The number of benzene rings is 6. The number of hydrogen-bond acceptors (Lipinski definition) is 3. The lowest BCUT2D eigenvalue weighted by atomic mass is 9.82. The number of nitrogens with zero attached hydrogens (tertiary/aromatic N) is 3. The maximum Gasteiger partial charge on any atom is 0.159 e. The smallest absolute Gasteiger partial charge is 0.159 e.